The zero-order chi connectivity index (χ0) is 24.7. The van der Waals surface area contributed by atoms with Gasteiger partial charge < -0.3 is 15.6 Å². The number of nitrogens with zero attached hydrogens (tertiary/aromatic N) is 2. The summed E-state index contributed by atoms with van der Waals surface area (Å²) < 4.78 is 0. The number of hydrogen-bond donors (Lipinski definition) is 3. The van der Waals surface area contributed by atoms with Crippen molar-refractivity contribution in [3.05, 3.63) is 101 Å². The van der Waals surface area contributed by atoms with Crippen molar-refractivity contribution >= 4 is 28.0 Å². The molecule has 0 bridgehead atoms. The minimum absolute atomic E-state index is 0.836. The van der Waals surface area contributed by atoms with Crippen molar-refractivity contribution < 1.29 is 0 Å². The van der Waals surface area contributed by atoms with Crippen molar-refractivity contribution in [2.75, 3.05) is 25.0 Å². The second-order valence-corrected chi connectivity index (χ2v) is 9.46. The first-order valence-electron chi connectivity index (χ1n) is 13.0. The van der Waals surface area contributed by atoms with E-state index in [1.807, 2.05) is 6.20 Å². The molecule has 0 saturated carbocycles. The number of nitrogens with one attached hydrogen (secondary N) is 3. The van der Waals surface area contributed by atoms with Gasteiger partial charge in [-0.25, -0.2) is 4.98 Å². The third-order valence-electron chi connectivity index (χ3n) is 6.82. The predicted molar refractivity (Wildman–Crippen MR) is 152 cm³/mol. The number of fused-ring (bicyclic) bond motifs is 1. The quantitative estimate of drug-likeness (QED) is 0.222. The van der Waals surface area contributed by atoms with Gasteiger partial charge in [-0.1, -0.05) is 55.5 Å². The second-order valence-electron chi connectivity index (χ2n) is 9.46. The van der Waals surface area contributed by atoms with E-state index in [-0.39, 0.29) is 0 Å². The van der Waals surface area contributed by atoms with Gasteiger partial charge in [0.2, 0.25) is 0 Å². The lowest BCUT2D eigenvalue weighted by Crippen LogP contribution is -2.23. The zero-order valence-electron chi connectivity index (χ0n) is 21.3. The first kappa shape index (κ1) is 24.0. The van der Waals surface area contributed by atoms with Crippen molar-refractivity contribution in [2.45, 2.75) is 39.5 Å². The van der Waals surface area contributed by atoms with Gasteiger partial charge in [-0.05, 0) is 66.8 Å². The number of aromatic nitrogens is 2. The number of rotatable bonds is 11. The summed E-state index contributed by atoms with van der Waals surface area (Å²) in [5.41, 5.74) is 10.7. The van der Waals surface area contributed by atoms with E-state index in [1.54, 1.807) is 0 Å². The van der Waals surface area contributed by atoms with E-state index in [4.69, 9.17) is 9.98 Å². The Morgan fingerprint density at radius 2 is 1.81 bits per heavy atom. The number of imidazole rings is 1. The standard InChI is InChI=1S/C31H35N5/c1-3-16-32-17-18-33-27-11-7-10-26(22(27)2)29-20-25(21-34-29)24-13-14-28-30(19-24)36-31(35-28)15-12-23-8-5-4-6-9-23/h4-11,13-14,19,21,32-33H,3,12,15-18,20H2,1-2H3,(H,35,36). The first-order valence-corrected chi connectivity index (χ1v) is 13.0. The molecule has 3 N–H and O–H groups in total. The molecule has 0 unspecified atom stereocenters. The fraction of sp³-hybridized carbons (Fsp3) is 0.290. The summed E-state index contributed by atoms with van der Waals surface area (Å²) in [6.07, 6.45) is 5.91. The summed E-state index contributed by atoms with van der Waals surface area (Å²) in [5, 5.41) is 7.02. The smallest absolute Gasteiger partial charge is 0.107 e. The average Bonchev–Trinajstić information content (AvgIpc) is 3.56. The molecule has 184 valence electrons. The van der Waals surface area contributed by atoms with E-state index < -0.39 is 0 Å². The summed E-state index contributed by atoms with van der Waals surface area (Å²) in [6.45, 7) is 7.32. The predicted octanol–water partition coefficient (Wildman–Crippen LogP) is 6.30. The maximum Gasteiger partial charge on any atom is 0.107 e. The maximum atomic E-state index is 4.82. The van der Waals surface area contributed by atoms with Gasteiger partial charge in [0.05, 0.1) is 16.7 Å². The van der Waals surface area contributed by atoms with Crippen LogP contribution in [0.2, 0.25) is 0 Å². The van der Waals surface area contributed by atoms with Gasteiger partial charge in [-0.15, -0.1) is 0 Å². The third kappa shape index (κ3) is 5.58. The second kappa shape index (κ2) is 11.4. The molecule has 5 heteroatoms. The fourth-order valence-corrected chi connectivity index (χ4v) is 4.78. The minimum Gasteiger partial charge on any atom is -0.384 e. The van der Waals surface area contributed by atoms with Crippen LogP contribution in [0.5, 0.6) is 0 Å². The Hall–Kier alpha value is -3.70. The van der Waals surface area contributed by atoms with Crippen LogP contribution in [0.15, 0.2) is 77.9 Å². The molecule has 0 fully saturated rings. The van der Waals surface area contributed by atoms with Crippen molar-refractivity contribution in [2.24, 2.45) is 4.99 Å². The van der Waals surface area contributed by atoms with E-state index in [0.29, 0.717) is 0 Å². The molecule has 3 aromatic carbocycles. The fourth-order valence-electron chi connectivity index (χ4n) is 4.78. The van der Waals surface area contributed by atoms with Gasteiger partial charge in [0, 0.05) is 43.4 Å². The molecule has 1 aliphatic rings. The van der Waals surface area contributed by atoms with Crippen LogP contribution in [-0.2, 0) is 12.8 Å². The highest BCUT2D eigenvalue weighted by molar-refractivity contribution is 6.10. The highest BCUT2D eigenvalue weighted by atomic mass is 14.9. The first-order chi connectivity index (χ1) is 17.7. The van der Waals surface area contributed by atoms with Crippen LogP contribution in [0.1, 0.15) is 47.8 Å². The number of benzene rings is 3. The maximum absolute atomic E-state index is 4.82. The Balaban J connectivity index is 1.23. The molecule has 1 aliphatic heterocycles. The Bertz CT molecular complexity index is 1380. The van der Waals surface area contributed by atoms with Gasteiger partial charge >= 0.3 is 0 Å². The summed E-state index contributed by atoms with van der Waals surface area (Å²) in [6, 6.07) is 23.5. The molecule has 0 aliphatic carbocycles. The number of aromatic amines is 1. The van der Waals surface area contributed by atoms with Crippen LogP contribution in [0.25, 0.3) is 16.6 Å². The van der Waals surface area contributed by atoms with Crippen LogP contribution < -0.4 is 10.6 Å². The number of anilines is 1. The number of allylic oxidation sites excluding steroid dienone is 1. The Morgan fingerprint density at radius 1 is 0.917 bits per heavy atom. The molecule has 0 radical (unpaired) electrons. The molecule has 0 atom stereocenters. The summed E-state index contributed by atoms with van der Waals surface area (Å²) in [7, 11) is 0. The average molecular weight is 478 g/mol. The molecule has 5 nitrogen and oxygen atoms in total. The van der Waals surface area contributed by atoms with E-state index in [1.165, 1.54) is 33.5 Å². The molecule has 0 saturated heterocycles. The largest absolute Gasteiger partial charge is 0.384 e. The Labute approximate surface area is 213 Å². The van der Waals surface area contributed by atoms with Crippen LogP contribution >= 0.6 is 0 Å². The molecule has 4 aromatic rings. The van der Waals surface area contributed by atoms with Crippen LogP contribution in [-0.4, -0.2) is 35.3 Å². The van der Waals surface area contributed by atoms with Gasteiger partial charge in [-0.2, -0.15) is 0 Å². The minimum atomic E-state index is 0.836. The van der Waals surface area contributed by atoms with Crippen LogP contribution in [0.3, 0.4) is 0 Å². The Kier molecular flexibility index (Phi) is 7.58. The molecule has 5 rings (SSSR count). The van der Waals surface area contributed by atoms with E-state index in [0.717, 1.165) is 67.9 Å². The van der Waals surface area contributed by atoms with Gasteiger partial charge in [0.25, 0.3) is 0 Å². The molecule has 36 heavy (non-hydrogen) atoms. The molecule has 0 spiro atoms. The normalized spacial score (nSPS) is 13.2. The van der Waals surface area contributed by atoms with Gasteiger partial charge in [-0.3, -0.25) is 4.99 Å². The lowest BCUT2D eigenvalue weighted by molar-refractivity contribution is 0.687. The van der Waals surface area contributed by atoms with Gasteiger partial charge in [0.15, 0.2) is 0 Å². The molecule has 1 aromatic heterocycles. The molecule has 2 heterocycles. The summed E-state index contributed by atoms with van der Waals surface area (Å²) in [4.78, 5) is 13.2. The van der Waals surface area contributed by atoms with Crippen molar-refractivity contribution in [3.8, 4) is 0 Å². The van der Waals surface area contributed by atoms with Crippen LogP contribution in [0.4, 0.5) is 5.69 Å². The van der Waals surface area contributed by atoms with Crippen molar-refractivity contribution in [1.82, 2.24) is 15.3 Å². The summed E-state index contributed by atoms with van der Waals surface area (Å²) >= 11 is 0. The number of aryl methyl sites for hydroxylation is 2. The highest BCUT2D eigenvalue weighted by Crippen LogP contribution is 2.30. The Morgan fingerprint density at radius 3 is 2.67 bits per heavy atom. The SMILES string of the molecule is CCCNCCNc1cccc(C2=NC=C(c3ccc4nc(CCc5ccccc5)[nH]c4c3)C2)c1C. The van der Waals surface area contributed by atoms with Gasteiger partial charge in [0.1, 0.15) is 5.82 Å². The zero-order valence-corrected chi connectivity index (χ0v) is 21.3. The topological polar surface area (TPSA) is 65.1 Å². The molecular formula is C31H35N5. The van der Waals surface area contributed by atoms with Crippen molar-refractivity contribution in [1.29, 1.82) is 0 Å². The van der Waals surface area contributed by atoms with E-state index in [9.17, 15) is 0 Å². The highest BCUT2D eigenvalue weighted by Gasteiger charge is 2.17. The van der Waals surface area contributed by atoms with Crippen LogP contribution in [0, 0.1) is 6.92 Å². The lowest BCUT2D eigenvalue weighted by atomic mass is 9.96. The molecule has 0 amide bonds. The number of H-pyrrole nitrogens is 1. The monoisotopic (exact) mass is 477 g/mol. The van der Waals surface area contributed by atoms with Crippen molar-refractivity contribution in [3.63, 3.8) is 0 Å². The lowest BCUT2D eigenvalue weighted by Gasteiger charge is -2.14. The van der Waals surface area contributed by atoms with E-state index >= 15 is 0 Å². The number of aliphatic imine (C=N–C) groups is 1. The number of hydrogen-bond acceptors (Lipinski definition) is 4. The van der Waals surface area contributed by atoms with E-state index in [2.05, 4.69) is 96.2 Å². The summed E-state index contributed by atoms with van der Waals surface area (Å²) in [5.74, 6) is 1.04. The third-order valence-corrected chi connectivity index (χ3v) is 6.82. The molecular weight excluding hydrogens is 442 g/mol.